The first kappa shape index (κ1) is 17.1. The fourth-order valence-corrected chi connectivity index (χ4v) is 3.14. The van der Waals surface area contributed by atoms with E-state index >= 15 is 0 Å². The topological polar surface area (TPSA) is 76.7 Å². The predicted octanol–water partition coefficient (Wildman–Crippen LogP) is 3.58. The Balaban J connectivity index is 2.28. The second kappa shape index (κ2) is 6.64. The van der Waals surface area contributed by atoms with E-state index in [1.54, 1.807) is 11.4 Å². The van der Waals surface area contributed by atoms with Crippen LogP contribution in [0.4, 0.5) is 0 Å². The maximum Gasteiger partial charge on any atom is 0.337 e. The molecule has 1 aliphatic rings. The van der Waals surface area contributed by atoms with E-state index in [0.29, 0.717) is 28.2 Å². The van der Waals surface area contributed by atoms with Crippen molar-refractivity contribution in [2.45, 2.75) is 32.8 Å². The third-order valence-corrected chi connectivity index (χ3v) is 4.25. The van der Waals surface area contributed by atoms with Gasteiger partial charge in [-0.2, -0.15) is 5.10 Å². The van der Waals surface area contributed by atoms with Gasteiger partial charge in [0.2, 0.25) is 0 Å². The van der Waals surface area contributed by atoms with Crippen molar-refractivity contribution in [2.75, 3.05) is 7.11 Å². The van der Waals surface area contributed by atoms with E-state index in [9.17, 15) is 9.90 Å². The molecule has 0 amide bonds. The van der Waals surface area contributed by atoms with Gasteiger partial charge in [-0.1, -0.05) is 24.8 Å². The van der Waals surface area contributed by atoms with Crippen molar-refractivity contribution in [1.29, 1.82) is 0 Å². The summed E-state index contributed by atoms with van der Waals surface area (Å²) >= 11 is 0. The molecular weight excluding hydrogens is 318 g/mol. The number of ether oxygens (including phenoxy) is 1. The Bertz CT molecular complexity index is 922. The van der Waals surface area contributed by atoms with E-state index in [1.165, 1.54) is 7.11 Å². The van der Waals surface area contributed by atoms with Crippen LogP contribution in [0, 0.1) is 6.92 Å². The van der Waals surface area contributed by atoms with E-state index in [-0.39, 0.29) is 0 Å². The Morgan fingerprint density at radius 3 is 2.76 bits per heavy atom. The number of nitrogens with zero attached hydrogens (tertiary/aromatic N) is 3. The fraction of sp³-hybridized carbons (Fsp3) is 0.316. The smallest absolute Gasteiger partial charge is 0.337 e. The normalized spacial score (nSPS) is 15.2. The van der Waals surface area contributed by atoms with Crippen molar-refractivity contribution in [3.8, 4) is 0 Å². The second-order valence-electron chi connectivity index (χ2n) is 6.13. The molecule has 0 fully saturated rings. The summed E-state index contributed by atoms with van der Waals surface area (Å²) in [5, 5.41) is 14.2. The largest absolute Gasteiger partial charge is 0.479 e. The maximum absolute atomic E-state index is 11.6. The summed E-state index contributed by atoms with van der Waals surface area (Å²) in [7, 11) is 1.37. The monoisotopic (exact) mass is 339 g/mol. The molecule has 2 aromatic rings. The minimum Gasteiger partial charge on any atom is -0.479 e. The molecule has 6 nitrogen and oxygen atoms in total. The molecule has 1 aliphatic carbocycles. The van der Waals surface area contributed by atoms with Crippen LogP contribution in [0.2, 0.25) is 0 Å². The molecule has 0 saturated carbocycles. The Labute approximate surface area is 146 Å². The average Bonchev–Trinajstić information content (AvgIpc) is 2.99. The van der Waals surface area contributed by atoms with Crippen molar-refractivity contribution in [2.24, 2.45) is 0 Å². The number of rotatable bonds is 5. The SMILES string of the molecule is C=C(C)c1c(C(OC)C(=O)O)c(C)nc2cc(C3=CCCC=C3)nn12. The minimum absolute atomic E-state index is 0.484. The maximum atomic E-state index is 11.6. The van der Waals surface area contributed by atoms with E-state index in [1.807, 2.05) is 13.0 Å². The second-order valence-corrected chi connectivity index (χ2v) is 6.13. The summed E-state index contributed by atoms with van der Waals surface area (Å²) in [4.78, 5) is 16.2. The molecule has 25 heavy (non-hydrogen) atoms. The highest BCUT2D eigenvalue weighted by molar-refractivity contribution is 5.79. The third kappa shape index (κ3) is 3.00. The van der Waals surface area contributed by atoms with Crippen molar-refractivity contribution in [3.05, 3.63) is 53.5 Å². The van der Waals surface area contributed by atoms with Crippen molar-refractivity contribution < 1.29 is 14.6 Å². The van der Waals surface area contributed by atoms with Crippen LogP contribution in [0.15, 0.2) is 30.9 Å². The zero-order valence-electron chi connectivity index (χ0n) is 14.6. The van der Waals surface area contributed by atoms with Crippen LogP contribution in [0.25, 0.3) is 16.8 Å². The highest BCUT2D eigenvalue weighted by Crippen LogP contribution is 2.30. The molecule has 1 unspecified atom stereocenters. The van der Waals surface area contributed by atoms with Crippen LogP contribution < -0.4 is 0 Å². The van der Waals surface area contributed by atoms with Crippen LogP contribution >= 0.6 is 0 Å². The van der Waals surface area contributed by atoms with E-state index in [2.05, 4.69) is 34.9 Å². The minimum atomic E-state index is -1.12. The first-order valence-corrected chi connectivity index (χ1v) is 8.13. The molecule has 2 aromatic heterocycles. The lowest BCUT2D eigenvalue weighted by Crippen LogP contribution is -2.19. The van der Waals surface area contributed by atoms with Gasteiger partial charge in [-0.3, -0.25) is 0 Å². The summed E-state index contributed by atoms with van der Waals surface area (Å²) in [6.07, 6.45) is 7.21. The number of methoxy groups -OCH3 is 1. The number of hydrogen-bond acceptors (Lipinski definition) is 4. The highest BCUT2D eigenvalue weighted by atomic mass is 16.5. The van der Waals surface area contributed by atoms with Crippen LogP contribution in [0.1, 0.15) is 48.5 Å². The van der Waals surface area contributed by atoms with Gasteiger partial charge in [-0.15, -0.1) is 0 Å². The lowest BCUT2D eigenvalue weighted by molar-refractivity contribution is -0.149. The van der Waals surface area contributed by atoms with Crippen molar-refractivity contribution in [1.82, 2.24) is 14.6 Å². The Morgan fingerprint density at radius 1 is 1.44 bits per heavy atom. The predicted molar refractivity (Wildman–Crippen MR) is 96.2 cm³/mol. The third-order valence-electron chi connectivity index (χ3n) is 4.25. The first-order chi connectivity index (χ1) is 11.9. The average molecular weight is 339 g/mol. The summed E-state index contributed by atoms with van der Waals surface area (Å²) in [6.45, 7) is 7.62. The Morgan fingerprint density at radius 2 is 2.20 bits per heavy atom. The number of aliphatic carboxylic acids is 1. The molecule has 2 heterocycles. The Kier molecular flexibility index (Phi) is 4.55. The lowest BCUT2D eigenvalue weighted by atomic mass is 10.0. The molecule has 3 rings (SSSR count). The van der Waals surface area contributed by atoms with E-state index < -0.39 is 12.1 Å². The first-order valence-electron chi connectivity index (χ1n) is 8.13. The number of aromatic nitrogens is 3. The molecule has 0 aromatic carbocycles. The standard InChI is InChI=1S/C19H21N3O3/c1-11(2)17-16(18(25-4)19(23)24)12(3)20-15-10-14(21-22(15)17)13-8-6-5-7-9-13/h6,8-10,18H,1,5,7H2,2-4H3,(H,23,24). The summed E-state index contributed by atoms with van der Waals surface area (Å²) in [5.41, 5.74) is 4.93. The number of carbonyl (C=O) groups is 1. The van der Waals surface area contributed by atoms with Gasteiger partial charge in [0, 0.05) is 24.4 Å². The van der Waals surface area contributed by atoms with Gasteiger partial charge in [-0.25, -0.2) is 14.3 Å². The molecule has 0 radical (unpaired) electrons. The van der Waals surface area contributed by atoms with Gasteiger partial charge in [0.05, 0.1) is 11.4 Å². The van der Waals surface area contributed by atoms with E-state index in [4.69, 9.17) is 4.74 Å². The van der Waals surface area contributed by atoms with Gasteiger partial charge < -0.3 is 9.84 Å². The fourth-order valence-electron chi connectivity index (χ4n) is 3.14. The van der Waals surface area contributed by atoms with Crippen molar-refractivity contribution >= 4 is 22.8 Å². The molecule has 6 heteroatoms. The molecular formula is C19H21N3O3. The van der Waals surface area contributed by atoms with Gasteiger partial charge in [0.25, 0.3) is 0 Å². The quantitative estimate of drug-likeness (QED) is 0.901. The molecule has 0 saturated heterocycles. The van der Waals surface area contributed by atoms with Gasteiger partial charge >= 0.3 is 5.97 Å². The van der Waals surface area contributed by atoms with Gasteiger partial charge in [0.15, 0.2) is 11.8 Å². The molecule has 0 aliphatic heterocycles. The molecule has 1 atom stereocenters. The molecule has 0 bridgehead atoms. The lowest BCUT2D eigenvalue weighted by Gasteiger charge is -2.18. The number of carboxylic acids is 1. The number of aryl methyl sites for hydroxylation is 1. The summed E-state index contributed by atoms with van der Waals surface area (Å²) in [6, 6.07) is 1.91. The van der Waals surface area contributed by atoms with Crippen LogP contribution in [-0.2, 0) is 9.53 Å². The molecule has 130 valence electrons. The zero-order valence-corrected chi connectivity index (χ0v) is 14.6. The van der Waals surface area contributed by atoms with Gasteiger partial charge in [-0.05, 0) is 37.8 Å². The summed E-state index contributed by atoms with van der Waals surface area (Å²) in [5.74, 6) is -1.07. The van der Waals surface area contributed by atoms with Crippen LogP contribution in [0.3, 0.4) is 0 Å². The van der Waals surface area contributed by atoms with Gasteiger partial charge in [0.1, 0.15) is 0 Å². The van der Waals surface area contributed by atoms with E-state index in [0.717, 1.165) is 24.1 Å². The number of allylic oxidation sites excluding steroid dienone is 5. The van der Waals surface area contributed by atoms with Crippen LogP contribution in [0.5, 0.6) is 0 Å². The number of carboxylic acid groups (broad SMARTS) is 1. The summed E-state index contributed by atoms with van der Waals surface area (Å²) < 4.78 is 6.86. The molecule has 1 N–H and O–H groups in total. The number of hydrogen-bond donors (Lipinski definition) is 1. The number of fused-ring (bicyclic) bond motifs is 1. The van der Waals surface area contributed by atoms with Crippen molar-refractivity contribution in [3.63, 3.8) is 0 Å². The van der Waals surface area contributed by atoms with Crippen LogP contribution in [-0.4, -0.2) is 32.8 Å². The molecule has 0 spiro atoms. The Hall–Kier alpha value is -2.73. The zero-order chi connectivity index (χ0) is 18.1. The highest BCUT2D eigenvalue weighted by Gasteiger charge is 2.28.